The van der Waals surface area contributed by atoms with Crippen molar-refractivity contribution in [3.05, 3.63) is 81.9 Å². The number of benzene rings is 2. The number of carbonyl (C=O) groups is 2. The highest BCUT2D eigenvalue weighted by Crippen LogP contribution is 2.29. The average molecular weight is 403 g/mol. The Kier molecular flexibility index (Phi) is 5.52. The Hall–Kier alpha value is -2.47. The molecule has 130 valence electrons. The van der Waals surface area contributed by atoms with Crippen molar-refractivity contribution < 1.29 is 9.59 Å². The van der Waals surface area contributed by atoms with Gasteiger partial charge in [0.05, 0.1) is 15.7 Å². The van der Waals surface area contributed by atoms with Gasteiger partial charge in [-0.1, -0.05) is 65.7 Å². The summed E-state index contributed by atoms with van der Waals surface area (Å²) in [4.78, 5) is 26.2. The highest BCUT2D eigenvalue weighted by atomic mass is 35.5. The minimum atomic E-state index is -0.547. The number of hydrogen-bond donors (Lipinski definition) is 1. The fourth-order valence-corrected chi connectivity index (χ4v) is 2.93. The van der Waals surface area contributed by atoms with Crippen LogP contribution in [0.5, 0.6) is 0 Å². The van der Waals surface area contributed by atoms with E-state index in [0.717, 1.165) is 5.56 Å². The van der Waals surface area contributed by atoms with Gasteiger partial charge in [-0.25, -0.2) is 0 Å². The Morgan fingerprint density at radius 2 is 1.73 bits per heavy atom. The number of rotatable bonds is 3. The lowest BCUT2D eigenvalue weighted by Crippen LogP contribution is -2.54. The number of hydrogen-bond acceptors (Lipinski definition) is 3. The molecule has 7 heteroatoms. The smallest absolute Gasteiger partial charge is 0.270 e. The first kappa shape index (κ1) is 18.3. The largest absolute Gasteiger partial charge is 0.298 e. The topological polar surface area (TPSA) is 49.4 Å². The molecule has 0 saturated carbocycles. The van der Waals surface area contributed by atoms with Gasteiger partial charge in [-0.05, 0) is 42.1 Å². The summed E-state index contributed by atoms with van der Waals surface area (Å²) in [5.74, 6) is -1.08. The number of anilines is 1. The van der Waals surface area contributed by atoms with Gasteiger partial charge in [-0.3, -0.25) is 19.8 Å². The molecule has 0 aliphatic carbocycles. The van der Waals surface area contributed by atoms with Crippen LogP contribution in [0.4, 0.5) is 5.69 Å². The molecule has 0 atom stereocenters. The normalized spacial score (nSPS) is 16.5. The number of carbonyl (C=O) groups excluding carboxylic acids is 2. The van der Waals surface area contributed by atoms with E-state index in [0.29, 0.717) is 10.7 Å². The van der Waals surface area contributed by atoms with E-state index in [1.807, 2.05) is 30.3 Å². The molecule has 0 radical (unpaired) electrons. The Labute approximate surface area is 165 Å². The molecule has 0 unspecified atom stereocenters. The molecule has 1 heterocycles. The van der Waals surface area contributed by atoms with Crippen LogP contribution >= 0.6 is 35.4 Å². The summed E-state index contributed by atoms with van der Waals surface area (Å²) in [5, 5.41) is 3.14. The van der Waals surface area contributed by atoms with Crippen molar-refractivity contribution in [3.8, 4) is 0 Å². The maximum absolute atomic E-state index is 12.8. The molecule has 2 amide bonds. The van der Waals surface area contributed by atoms with Gasteiger partial charge in [-0.15, -0.1) is 0 Å². The van der Waals surface area contributed by atoms with Gasteiger partial charge < -0.3 is 0 Å². The van der Waals surface area contributed by atoms with E-state index in [1.54, 1.807) is 24.3 Å². The Morgan fingerprint density at radius 3 is 2.42 bits per heavy atom. The quantitative estimate of drug-likeness (QED) is 0.470. The van der Waals surface area contributed by atoms with Gasteiger partial charge in [0.2, 0.25) is 0 Å². The Bertz CT molecular complexity index is 955. The maximum Gasteiger partial charge on any atom is 0.270 e. The Morgan fingerprint density at radius 1 is 1.00 bits per heavy atom. The number of thiocarbonyl (C=S) groups is 1. The predicted octanol–water partition coefficient (Wildman–Crippen LogP) is 4.38. The maximum atomic E-state index is 12.8. The van der Waals surface area contributed by atoms with Crippen LogP contribution in [-0.2, 0) is 9.59 Å². The van der Waals surface area contributed by atoms with Gasteiger partial charge in [0.15, 0.2) is 5.11 Å². The van der Waals surface area contributed by atoms with Crippen LogP contribution in [0.25, 0.3) is 6.08 Å². The fraction of sp³-hybridized carbons (Fsp3) is 0. The van der Waals surface area contributed by atoms with E-state index >= 15 is 0 Å². The Balaban J connectivity index is 1.91. The van der Waals surface area contributed by atoms with Gasteiger partial charge in [0.1, 0.15) is 5.57 Å². The van der Waals surface area contributed by atoms with Crippen LogP contribution in [0.3, 0.4) is 0 Å². The molecule has 1 fully saturated rings. The summed E-state index contributed by atoms with van der Waals surface area (Å²) in [6, 6.07) is 14.2. The molecule has 1 N–H and O–H groups in total. The molecule has 26 heavy (non-hydrogen) atoms. The lowest BCUT2D eigenvalue weighted by atomic mass is 10.1. The molecule has 2 aromatic rings. The first-order valence-electron chi connectivity index (χ1n) is 7.55. The standard InChI is InChI=1S/C19H12Cl2N2O2S/c20-15-10-9-13(11-16(15)21)23-18(25)14(17(24)22-19(23)26)8-4-7-12-5-2-1-3-6-12/h1-11H,(H,22,24,26)/b7-4+,14-8+. The number of nitrogens with zero attached hydrogens (tertiary/aromatic N) is 1. The third-order valence-corrected chi connectivity index (χ3v) is 4.64. The zero-order chi connectivity index (χ0) is 18.7. The second-order valence-electron chi connectivity index (χ2n) is 5.35. The second-order valence-corrected chi connectivity index (χ2v) is 6.55. The first-order valence-corrected chi connectivity index (χ1v) is 8.72. The summed E-state index contributed by atoms with van der Waals surface area (Å²) in [6.07, 6.45) is 4.89. The van der Waals surface area contributed by atoms with Crippen molar-refractivity contribution in [2.45, 2.75) is 0 Å². The van der Waals surface area contributed by atoms with Crippen molar-refractivity contribution in [3.63, 3.8) is 0 Å². The van der Waals surface area contributed by atoms with E-state index in [1.165, 1.54) is 17.0 Å². The highest BCUT2D eigenvalue weighted by molar-refractivity contribution is 7.80. The van der Waals surface area contributed by atoms with Crippen LogP contribution in [-0.4, -0.2) is 16.9 Å². The van der Waals surface area contributed by atoms with Crippen molar-refractivity contribution in [1.29, 1.82) is 0 Å². The van der Waals surface area contributed by atoms with Crippen LogP contribution in [0, 0.1) is 0 Å². The lowest BCUT2D eigenvalue weighted by molar-refractivity contribution is -0.122. The summed E-state index contributed by atoms with van der Waals surface area (Å²) < 4.78 is 0. The van der Waals surface area contributed by atoms with Crippen molar-refractivity contribution >= 4 is 64.1 Å². The van der Waals surface area contributed by atoms with Crippen LogP contribution in [0.15, 0.2) is 66.3 Å². The van der Waals surface area contributed by atoms with Crippen molar-refractivity contribution in [2.75, 3.05) is 4.90 Å². The fourth-order valence-electron chi connectivity index (χ4n) is 2.36. The summed E-state index contributed by atoms with van der Waals surface area (Å²) >= 11 is 17.1. The van der Waals surface area contributed by atoms with E-state index in [4.69, 9.17) is 35.4 Å². The lowest BCUT2D eigenvalue weighted by Gasteiger charge is -2.28. The highest BCUT2D eigenvalue weighted by Gasteiger charge is 2.34. The number of halogens is 2. The zero-order valence-corrected chi connectivity index (χ0v) is 15.6. The van der Waals surface area contributed by atoms with E-state index in [9.17, 15) is 9.59 Å². The third-order valence-electron chi connectivity index (χ3n) is 3.61. The molecule has 4 nitrogen and oxygen atoms in total. The minimum absolute atomic E-state index is 0.0115. The van der Waals surface area contributed by atoms with Crippen molar-refractivity contribution in [2.24, 2.45) is 0 Å². The third kappa shape index (κ3) is 3.85. The number of nitrogens with one attached hydrogen (secondary N) is 1. The van der Waals surface area contributed by atoms with Gasteiger partial charge in [0, 0.05) is 0 Å². The van der Waals surface area contributed by atoms with E-state index < -0.39 is 11.8 Å². The molecule has 3 rings (SSSR count). The summed E-state index contributed by atoms with van der Waals surface area (Å²) in [6.45, 7) is 0. The van der Waals surface area contributed by atoms with Crippen LogP contribution < -0.4 is 10.2 Å². The molecule has 1 aliphatic rings. The zero-order valence-electron chi connectivity index (χ0n) is 13.3. The van der Waals surface area contributed by atoms with Gasteiger partial charge in [-0.2, -0.15) is 0 Å². The molecule has 0 bridgehead atoms. The summed E-state index contributed by atoms with van der Waals surface area (Å²) in [5.41, 5.74) is 1.34. The number of allylic oxidation sites excluding steroid dienone is 2. The van der Waals surface area contributed by atoms with Gasteiger partial charge >= 0.3 is 0 Å². The molecule has 1 saturated heterocycles. The predicted molar refractivity (Wildman–Crippen MR) is 108 cm³/mol. The van der Waals surface area contributed by atoms with Crippen molar-refractivity contribution in [1.82, 2.24) is 5.32 Å². The molecule has 2 aromatic carbocycles. The van der Waals surface area contributed by atoms with Crippen LogP contribution in [0.2, 0.25) is 10.0 Å². The van der Waals surface area contributed by atoms with E-state index in [2.05, 4.69) is 5.32 Å². The molecular formula is C19H12Cl2N2O2S. The molecule has 0 spiro atoms. The van der Waals surface area contributed by atoms with E-state index in [-0.39, 0.29) is 15.7 Å². The SMILES string of the molecule is O=C1NC(=S)N(c2ccc(Cl)c(Cl)c2)C(=O)/C1=C/C=C/c1ccccc1. The average Bonchev–Trinajstić information content (AvgIpc) is 2.61. The second kappa shape index (κ2) is 7.83. The molecular weight excluding hydrogens is 391 g/mol. The monoisotopic (exact) mass is 402 g/mol. The summed E-state index contributed by atoms with van der Waals surface area (Å²) in [7, 11) is 0. The van der Waals surface area contributed by atoms with Crippen LogP contribution in [0.1, 0.15) is 5.56 Å². The molecule has 1 aliphatic heterocycles. The molecule has 0 aromatic heterocycles. The first-order chi connectivity index (χ1) is 12.5. The minimum Gasteiger partial charge on any atom is -0.298 e. The van der Waals surface area contributed by atoms with Gasteiger partial charge in [0.25, 0.3) is 11.8 Å². The number of amides is 2.